The highest BCUT2D eigenvalue weighted by molar-refractivity contribution is 7.82. The molecule has 0 aliphatic carbocycles. The Morgan fingerprint density at radius 3 is 2.00 bits per heavy atom. The van der Waals surface area contributed by atoms with Crippen LogP contribution in [-0.4, -0.2) is 25.9 Å². The van der Waals surface area contributed by atoms with Crippen molar-refractivity contribution in [1.82, 2.24) is 0 Å². The molecule has 0 spiro atoms. The summed E-state index contributed by atoms with van der Waals surface area (Å²) in [6.45, 7) is 8.99. The van der Waals surface area contributed by atoms with Crippen molar-refractivity contribution in [2.75, 3.05) is 20.4 Å². The van der Waals surface area contributed by atoms with Crippen LogP contribution in [0.5, 0.6) is 11.5 Å². The molecule has 2 atom stereocenters. The number of hydrogen-bond donors (Lipinski definition) is 0. The summed E-state index contributed by atoms with van der Waals surface area (Å²) in [6, 6.07) is 15.6. The van der Waals surface area contributed by atoms with Crippen LogP contribution in [0.4, 0.5) is 0 Å². The molecule has 0 aliphatic rings. The zero-order valence-corrected chi connectivity index (χ0v) is 18.2. The third-order valence-corrected chi connectivity index (χ3v) is 7.03. The van der Waals surface area contributed by atoms with Crippen LogP contribution in [0.1, 0.15) is 44.5 Å². The zero-order valence-electron chi connectivity index (χ0n) is 17.3. The van der Waals surface area contributed by atoms with Crippen molar-refractivity contribution in [3.63, 3.8) is 0 Å². The van der Waals surface area contributed by atoms with Crippen LogP contribution in [0.2, 0.25) is 0 Å². The average Bonchev–Trinajstić information content (AvgIpc) is 2.64. The van der Waals surface area contributed by atoms with Gasteiger partial charge in [0.2, 0.25) is 0 Å². The van der Waals surface area contributed by atoms with Crippen molar-refractivity contribution >= 4 is 18.8 Å². The number of rotatable bonds is 8. The van der Waals surface area contributed by atoms with E-state index >= 15 is 0 Å². The summed E-state index contributed by atoms with van der Waals surface area (Å²) in [7, 11) is 2.16. The predicted molar refractivity (Wildman–Crippen MR) is 115 cm³/mol. The largest absolute Gasteiger partial charge is 0.496 e. The fourth-order valence-corrected chi connectivity index (χ4v) is 5.92. The van der Waals surface area contributed by atoms with Gasteiger partial charge in [-0.2, -0.15) is 0 Å². The second-order valence-electron chi connectivity index (χ2n) is 8.16. The van der Waals surface area contributed by atoms with Crippen molar-refractivity contribution in [3.05, 3.63) is 54.1 Å². The van der Waals surface area contributed by atoms with E-state index in [0.29, 0.717) is 23.0 Å². The Morgan fingerprint density at radius 1 is 0.963 bits per heavy atom. The number of benzene rings is 2. The lowest BCUT2D eigenvalue weighted by molar-refractivity contribution is 0.107. The second-order valence-corrected chi connectivity index (χ2v) is 10.3. The first-order valence-electron chi connectivity index (χ1n) is 9.34. The molecule has 0 radical (unpaired) electrons. The Bertz CT molecular complexity index is 728. The molecule has 0 saturated heterocycles. The van der Waals surface area contributed by atoms with Crippen LogP contribution < -0.4 is 14.8 Å². The molecule has 3 nitrogen and oxygen atoms in total. The van der Waals surface area contributed by atoms with E-state index in [1.807, 2.05) is 36.4 Å². The number of methoxy groups -OCH3 is 2. The maximum absolute atomic E-state index is 13.7. The first kappa shape index (κ1) is 21.4. The van der Waals surface area contributed by atoms with Gasteiger partial charge in [-0.05, 0) is 41.4 Å². The van der Waals surface area contributed by atoms with E-state index in [2.05, 4.69) is 39.8 Å². The number of hydrogen-bond acceptors (Lipinski definition) is 3. The highest BCUT2D eigenvalue weighted by Crippen LogP contribution is 2.46. The first-order valence-corrected chi connectivity index (χ1v) is 10.9. The summed E-state index contributed by atoms with van der Waals surface area (Å²) < 4.78 is 11.0. The van der Waals surface area contributed by atoms with E-state index < -0.39 is 7.92 Å². The third kappa shape index (κ3) is 5.81. The molecule has 0 aromatic heterocycles. The fourth-order valence-electron chi connectivity index (χ4n) is 3.53. The van der Waals surface area contributed by atoms with Crippen LogP contribution in [-0.2, 0) is 0 Å². The smallest absolute Gasteiger partial charge is 0.196 e. The van der Waals surface area contributed by atoms with Gasteiger partial charge in [0.15, 0.2) is 5.52 Å². The summed E-state index contributed by atoms with van der Waals surface area (Å²) in [5, 5.41) is 1.10. The summed E-state index contributed by atoms with van der Waals surface area (Å²) in [4.78, 5) is 13.7. The van der Waals surface area contributed by atoms with Crippen LogP contribution in [0, 0.1) is 11.3 Å². The summed E-state index contributed by atoms with van der Waals surface area (Å²) >= 11 is 0. The Hall–Kier alpha value is -1.86. The maximum atomic E-state index is 13.7. The standard InChI is InChI=1S/C23H31O3P/c1-17(15-23(2,3)4)16-27(18-11-8-7-9-12-18)22(24)21-19(25-5)13-10-14-20(21)26-6/h7-14,17H,15-16H2,1-6H3. The van der Waals surface area contributed by atoms with Gasteiger partial charge >= 0.3 is 0 Å². The summed E-state index contributed by atoms with van der Waals surface area (Å²) in [5.41, 5.74) is 0.911. The average molecular weight is 386 g/mol. The minimum Gasteiger partial charge on any atom is -0.496 e. The molecule has 0 saturated carbocycles. The minimum absolute atomic E-state index is 0.117. The van der Waals surface area contributed by atoms with Gasteiger partial charge in [0.1, 0.15) is 17.1 Å². The molecule has 146 valence electrons. The zero-order chi connectivity index (χ0) is 20.0. The molecular formula is C23H31O3P. The molecule has 2 aromatic carbocycles. The Kier molecular flexibility index (Phi) is 7.44. The first-order chi connectivity index (χ1) is 12.8. The van der Waals surface area contributed by atoms with E-state index in [-0.39, 0.29) is 10.9 Å². The normalized spacial score (nSPS) is 13.7. The maximum Gasteiger partial charge on any atom is 0.196 e. The highest BCUT2D eigenvalue weighted by Gasteiger charge is 2.30. The third-order valence-electron chi connectivity index (χ3n) is 4.41. The van der Waals surface area contributed by atoms with Gasteiger partial charge in [0.05, 0.1) is 14.2 Å². The van der Waals surface area contributed by atoms with Crippen molar-refractivity contribution < 1.29 is 14.3 Å². The van der Waals surface area contributed by atoms with Crippen LogP contribution >= 0.6 is 7.92 Å². The van der Waals surface area contributed by atoms with Gasteiger partial charge < -0.3 is 9.47 Å². The van der Waals surface area contributed by atoms with E-state index in [0.717, 1.165) is 17.9 Å². The fraction of sp³-hybridized carbons (Fsp3) is 0.435. The molecule has 2 rings (SSSR count). The lowest BCUT2D eigenvalue weighted by atomic mass is 9.86. The molecule has 0 aliphatic heterocycles. The molecule has 2 unspecified atom stereocenters. The van der Waals surface area contributed by atoms with Gasteiger partial charge in [0.25, 0.3) is 0 Å². The van der Waals surface area contributed by atoms with E-state index in [1.54, 1.807) is 14.2 Å². The molecule has 0 heterocycles. The molecule has 27 heavy (non-hydrogen) atoms. The van der Waals surface area contributed by atoms with Crippen LogP contribution in [0.3, 0.4) is 0 Å². The molecule has 0 bridgehead atoms. The number of carbonyl (C=O) groups excluding carboxylic acids is 1. The van der Waals surface area contributed by atoms with Gasteiger partial charge in [-0.25, -0.2) is 0 Å². The van der Waals surface area contributed by atoms with Crippen LogP contribution in [0.25, 0.3) is 0 Å². The predicted octanol–water partition coefficient (Wildman–Crippen LogP) is 5.72. The molecular weight excluding hydrogens is 355 g/mol. The van der Waals surface area contributed by atoms with Gasteiger partial charge in [-0.1, -0.05) is 64.1 Å². The van der Waals surface area contributed by atoms with Crippen molar-refractivity contribution in [2.45, 2.75) is 34.1 Å². The van der Waals surface area contributed by atoms with E-state index in [4.69, 9.17) is 9.47 Å². The van der Waals surface area contributed by atoms with Gasteiger partial charge in [-0.3, -0.25) is 4.79 Å². The topological polar surface area (TPSA) is 35.5 Å². The van der Waals surface area contributed by atoms with Crippen LogP contribution in [0.15, 0.2) is 48.5 Å². The van der Waals surface area contributed by atoms with Gasteiger partial charge in [0, 0.05) is 7.92 Å². The van der Waals surface area contributed by atoms with Crippen molar-refractivity contribution in [2.24, 2.45) is 11.3 Å². The highest BCUT2D eigenvalue weighted by atomic mass is 31.1. The Labute approximate surface area is 164 Å². The van der Waals surface area contributed by atoms with Gasteiger partial charge in [-0.15, -0.1) is 0 Å². The minimum atomic E-state index is -1.03. The molecule has 4 heteroatoms. The number of ether oxygens (including phenoxy) is 2. The summed E-state index contributed by atoms with van der Waals surface area (Å²) in [6.07, 6.45) is 1.94. The van der Waals surface area contributed by atoms with E-state index in [1.165, 1.54) is 0 Å². The van der Waals surface area contributed by atoms with E-state index in [9.17, 15) is 4.79 Å². The second kappa shape index (κ2) is 9.37. The van der Waals surface area contributed by atoms with Crippen molar-refractivity contribution in [1.29, 1.82) is 0 Å². The van der Waals surface area contributed by atoms with Crippen molar-refractivity contribution in [3.8, 4) is 11.5 Å². The molecule has 0 fully saturated rings. The lowest BCUT2D eigenvalue weighted by Crippen LogP contribution is -2.19. The lowest BCUT2D eigenvalue weighted by Gasteiger charge is -2.27. The molecule has 0 amide bonds. The SMILES string of the molecule is COc1cccc(OC)c1C(=O)P(CC(C)CC(C)(C)C)c1ccccc1. The molecule has 2 aromatic rings. The number of carbonyl (C=O) groups is 1. The molecule has 0 N–H and O–H groups in total. The Morgan fingerprint density at radius 2 is 1.52 bits per heavy atom. The Balaban J connectivity index is 2.44. The summed E-state index contributed by atoms with van der Waals surface area (Å²) in [5.74, 6) is 1.60. The monoisotopic (exact) mass is 386 g/mol. The quantitative estimate of drug-likeness (QED) is 0.544.